The van der Waals surface area contributed by atoms with Crippen molar-refractivity contribution in [2.45, 2.75) is 38.0 Å². The van der Waals surface area contributed by atoms with Crippen LogP contribution in [0.1, 0.15) is 49.1 Å². The van der Waals surface area contributed by atoms with E-state index in [0.29, 0.717) is 36.3 Å². The molecule has 0 spiro atoms. The molecule has 0 saturated heterocycles. The molecule has 1 aliphatic heterocycles. The summed E-state index contributed by atoms with van der Waals surface area (Å²) in [5, 5.41) is 13.2. The number of amides is 1. The van der Waals surface area contributed by atoms with E-state index in [1.165, 1.54) is 0 Å². The second-order valence-corrected chi connectivity index (χ2v) is 8.19. The summed E-state index contributed by atoms with van der Waals surface area (Å²) in [6, 6.07) is 10.9. The van der Waals surface area contributed by atoms with Crippen LogP contribution in [0.2, 0.25) is 5.02 Å². The van der Waals surface area contributed by atoms with Gasteiger partial charge in [-0.05, 0) is 54.7 Å². The molecule has 0 fully saturated rings. The average molecular weight is 442 g/mol. The number of halogens is 1. The van der Waals surface area contributed by atoms with Crippen molar-refractivity contribution < 1.29 is 24.2 Å². The van der Waals surface area contributed by atoms with E-state index in [1.807, 2.05) is 24.3 Å². The molecule has 0 saturated carbocycles. The zero-order valence-electron chi connectivity index (χ0n) is 17.4. The molecule has 7 heteroatoms. The minimum absolute atomic E-state index is 0.00854. The van der Waals surface area contributed by atoms with Gasteiger partial charge in [-0.3, -0.25) is 9.59 Å². The van der Waals surface area contributed by atoms with Gasteiger partial charge in [-0.1, -0.05) is 23.7 Å². The number of rotatable bonds is 5. The van der Waals surface area contributed by atoms with E-state index in [1.54, 1.807) is 26.2 Å². The van der Waals surface area contributed by atoms with E-state index in [-0.39, 0.29) is 40.6 Å². The molecule has 1 aliphatic carbocycles. The van der Waals surface area contributed by atoms with Gasteiger partial charge in [0.2, 0.25) is 5.91 Å². The minimum atomic E-state index is -0.426. The maximum Gasteiger partial charge on any atom is 0.225 e. The number of ether oxygens (including phenoxy) is 2. The fraction of sp³-hybridized carbons (Fsp3) is 0.333. The van der Waals surface area contributed by atoms with Crippen LogP contribution in [0.5, 0.6) is 17.2 Å². The number of ketones is 1. The van der Waals surface area contributed by atoms with Crippen molar-refractivity contribution in [2.75, 3.05) is 13.7 Å². The van der Waals surface area contributed by atoms with Gasteiger partial charge in [0.25, 0.3) is 0 Å². The van der Waals surface area contributed by atoms with Crippen LogP contribution in [0.3, 0.4) is 0 Å². The Morgan fingerprint density at radius 2 is 1.84 bits per heavy atom. The lowest BCUT2D eigenvalue weighted by atomic mass is 9.73. The molecule has 0 radical (unpaired) electrons. The number of benzene rings is 2. The average Bonchev–Trinajstić information content (AvgIpc) is 2.76. The van der Waals surface area contributed by atoms with Gasteiger partial charge in [-0.15, -0.1) is 0 Å². The number of aromatic hydroxyl groups is 1. The first-order valence-electron chi connectivity index (χ1n) is 10.3. The lowest BCUT2D eigenvalue weighted by Gasteiger charge is -2.34. The van der Waals surface area contributed by atoms with Crippen molar-refractivity contribution in [3.8, 4) is 17.2 Å². The monoisotopic (exact) mass is 441 g/mol. The second-order valence-electron chi connectivity index (χ2n) is 7.78. The van der Waals surface area contributed by atoms with Crippen LogP contribution < -0.4 is 14.8 Å². The SMILES string of the molecule is CCOc1cc([C@@H]2CC(=O)NC3=C2C(=O)C[C@@H](c2ccc(OC)cc2)C3)cc(Cl)c1O. The number of hydrogen-bond donors (Lipinski definition) is 2. The normalized spacial score (nSPS) is 20.9. The molecule has 162 valence electrons. The third kappa shape index (κ3) is 4.12. The van der Waals surface area contributed by atoms with Crippen molar-refractivity contribution in [2.24, 2.45) is 0 Å². The van der Waals surface area contributed by atoms with E-state index in [2.05, 4.69) is 5.32 Å². The van der Waals surface area contributed by atoms with Gasteiger partial charge >= 0.3 is 0 Å². The molecule has 6 nitrogen and oxygen atoms in total. The smallest absolute Gasteiger partial charge is 0.225 e. The van der Waals surface area contributed by atoms with Crippen LogP contribution in [0.4, 0.5) is 0 Å². The first kappa shape index (κ1) is 21.2. The molecule has 2 aliphatic rings. The molecule has 2 aromatic rings. The zero-order valence-corrected chi connectivity index (χ0v) is 18.2. The van der Waals surface area contributed by atoms with Gasteiger partial charge in [-0.25, -0.2) is 0 Å². The van der Waals surface area contributed by atoms with Gasteiger partial charge in [0, 0.05) is 30.0 Å². The number of methoxy groups -OCH3 is 1. The number of phenolic OH excluding ortho intramolecular Hbond substituents is 1. The molecule has 2 atom stereocenters. The molecule has 1 heterocycles. The highest BCUT2D eigenvalue weighted by Gasteiger charge is 2.38. The molecule has 0 bridgehead atoms. The standard InChI is InChI=1S/C24H24ClNO5/c1-3-31-21-11-15(8-18(25)24(21)29)17-12-22(28)26-19-9-14(10-20(27)23(17)19)13-4-6-16(30-2)7-5-13/h4-8,11,14,17,29H,3,9-10,12H2,1-2H3,(H,26,28)/t14-,17-/m0/s1. The fourth-order valence-corrected chi connectivity index (χ4v) is 4.64. The topological polar surface area (TPSA) is 84.9 Å². The highest BCUT2D eigenvalue weighted by atomic mass is 35.5. The van der Waals surface area contributed by atoms with E-state index >= 15 is 0 Å². The summed E-state index contributed by atoms with van der Waals surface area (Å²) in [6.45, 7) is 2.16. The molecule has 0 unspecified atom stereocenters. The Labute approximate surface area is 185 Å². The fourth-order valence-electron chi connectivity index (χ4n) is 4.42. The van der Waals surface area contributed by atoms with E-state index in [0.717, 1.165) is 11.3 Å². The van der Waals surface area contributed by atoms with E-state index < -0.39 is 5.92 Å². The molecule has 4 rings (SSSR count). The van der Waals surface area contributed by atoms with Gasteiger partial charge < -0.3 is 19.9 Å². The molecule has 31 heavy (non-hydrogen) atoms. The Morgan fingerprint density at radius 3 is 2.52 bits per heavy atom. The summed E-state index contributed by atoms with van der Waals surface area (Å²) in [4.78, 5) is 25.8. The number of Topliss-reactive ketones (excluding diaryl/α,β-unsaturated/α-hetero) is 1. The zero-order chi connectivity index (χ0) is 22.1. The van der Waals surface area contributed by atoms with Crippen molar-refractivity contribution in [1.82, 2.24) is 5.32 Å². The molecule has 0 aromatic heterocycles. The summed E-state index contributed by atoms with van der Waals surface area (Å²) in [5.74, 6) is 0.284. The van der Waals surface area contributed by atoms with Crippen LogP contribution >= 0.6 is 11.6 Å². The molecule has 2 N–H and O–H groups in total. The summed E-state index contributed by atoms with van der Waals surface area (Å²) in [6.07, 6.45) is 1.08. The van der Waals surface area contributed by atoms with Crippen molar-refractivity contribution in [3.05, 3.63) is 63.8 Å². The quantitative estimate of drug-likeness (QED) is 0.715. The van der Waals surface area contributed by atoms with E-state index in [9.17, 15) is 14.7 Å². The van der Waals surface area contributed by atoms with Gasteiger partial charge in [-0.2, -0.15) is 0 Å². The summed E-state index contributed by atoms with van der Waals surface area (Å²) in [7, 11) is 1.61. The summed E-state index contributed by atoms with van der Waals surface area (Å²) in [5.41, 5.74) is 3.00. The van der Waals surface area contributed by atoms with Crippen LogP contribution in [0, 0.1) is 0 Å². The Balaban J connectivity index is 1.70. The van der Waals surface area contributed by atoms with Crippen LogP contribution in [-0.4, -0.2) is 30.5 Å². The molecule has 1 amide bonds. The molecule has 2 aromatic carbocycles. The Kier molecular flexibility index (Phi) is 5.92. The molecular formula is C24H24ClNO5. The minimum Gasteiger partial charge on any atom is -0.503 e. The number of carbonyl (C=O) groups excluding carboxylic acids is 2. The third-order valence-corrected chi connectivity index (χ3v) is 6.16. The first-order chi connectivity index (χ1) is 14.9. The number of nitrogens with one attached hydrogen (secondary N) is 1. The number of phenols is 1. The highest BCUT2D eigenvalue weighted by molar-refractivity contribution is 6.32. The highest BCUT2D eigenvalue weighted by Crippen LogP contribution is 2.45. The van der Waals surface area contributed by atoms with Gasteiger partial charge in [0.1, 0.15) is 5.75 Å². The number of allylic oxidation sites excluding steroid dienone is 2. The van der Waals surface area contributed by atoms with Crippen molar-refractivity contribution in [1.29, 1.82) is 0 Å². The largest absolute Gasteiger partial charge is 0.503 e. The Hall–Kier alpha value is -2.99. The van der Waals surface area contributed by atoms with Crippen LogP contribution in [0.15, 0.2) is 47.7 Å². The molecular weight excluding hydrogens is 418 g/mol. The summed E-state index contributed by atoms with van der Waals surface area (Å²) >= 11 is 6.21. The van der Waals surface area contributed by atoms with Crippen LogP contribution in [0.25, 0.3) is 0 Å². The lowest BCUT2D eigenvalue weighted by Crippen LogP contribution is -2.38. The predicted octanol–water partition coefficient (Wildman–Crippen LogP) is 4.46. The number of hydrogen-bond acceptors (Lipinski definition) is 5. The second kappa shape index (κ2) is 8.63. The third-order valence-electron chi connectivity index (χ3n) is 5.88. The maximum absolute atomic E-state index is 13.2. The predicted molar refractivity (Wildman–Crippen MR) is 117 cm³/mol. The van der Waals surface area contributed by atoms with Gasteiger partial charge in [0.05, 0.1) is 18.7 Å². The Morgan fingerprint density at radius 1 is 1.10 bits per heavy atom. The number of carbonyl (C=O) groups is 2. The van der Waals surface area contributed by atoms with Crippen LogP contribution in [-0.2, 0) is 9.59 Å². The maximum atomic E-state index is 13.2. The Bertz CT molecular complexity index is 1060. The van der Waals surface area contributed by atoms with Crippen molar-refractivity contribution >= 4 is 23.3 Å². The first-order valence-corrected chi connectivity index (χ1v) is 10.6. The summed E-state index contributed by atoms with van der Waals surface area (Å²) < 4.78 is 10.7. The van der Waals surface area contributed by atoms with E-state index in [4.69, 9.17) is 21.1 Å². The lowest BCUT2D eigenvalue weighted by molar-refractivity contribution is -0.122. The van der Waals surface area contributed by atoms with Gasteiger partial charge in [0.15, 0.2) is 17.3 Å². The van der Waals surface area contributed by atoms with Crippen molar-refractivity contribution in [3.63, 3.8) is 0 Å².